The summed E-state index contributed by atoms with van der Waals surface area (Å²) in [7, 11) is 0. The molecule has 1 fully saturated rings. The number of aromatic amines is 1. The molecule has 5 nitrogen and oxygen atoms in total. The third kappa shape index (κ3) is 3.16. The molecule has 7 heteroatoms. The van der Waals surface area contributed by atoms with Crippen molar-refractivity contribution < 1.29 is 9.18 Å². The Labute approximate surface area is 152 Å². The highest BCUT2D eigenvalue weighted by molar-refractivity contribution is 9.10. The van der Waals surface area contributed by atoms with Gasteiger partial charge >= 0.3 is 0 Å². The predicted molar refractivity (Wildman–Crippen MR) is 95.9 cm³/mol. The van der Waals surface area contributed by atoms with E-state index < -0.39 is 0 Å². The van der Waals surface area contributed by atoms with Gasteiger partial charge in [0.15, 0.2) is 0 Å². The molecule has 3 heterocycles. The first-order valence-electron chi connectivity index (χ1n) is 8.15. The summed E-state index contributed by atoms with van der Waals surface area (Å²) in [5, 5.41) is 0.431. The number of aromatic nitrogens is 3. The van der Waals surface area contributed by atoms with Crippen molar-refractivity contribution >= 4 is 32.7 Å². The van der Waals surface area contributed by atoms with Crippen LogP contribution in [0.25, 0.3) is 10.9 Å². The lowest BCUT2D eigenvalue weighted by Gasteiger charge is -2.31. The largest absolute Gasteiger partial charge is 0.350 e. The smallest absolute Gasteiger partial charge is 0.270 e. The molecule has 2 aromatic heterocycles. The first kappa shape index (κ1) is 16.2. The number of amides is 1. The van der Waals surface area contributed by atoms with Gasteiger partial charge in [-0.05, 0) is 31.0 Å². The summed E-state index contributed by atoms with van der Waals surface area (Å²) in [4.78, 5) is 26.1. The second kappa shape index (κ2) is 6.55. The van der Waals surface area contributed by atoms with Crippen molar-refractivity contribution in [1.82, 2.24) is 19.9 Å². The summed E-state index contributed by atoms with van der Waals surface area (Å²) in [6, 6.07) is 4.76. The maximum atomic E-state index is 14.0. The number of nitrogens with zero attached hydrogens (tertiary/aromatic N) is 3. The lowest BCUT2D eigenvalue weighted by atomic mass is 9.93. The van der Waals surface area contributed by atoms with Gasteiger partial charge in [-0.2, -0.15) is 0 Å². The van der Waals surface area contributed by atoms with Crippen LogP contribution in [0.4, 0.5) is 4.39 Å². The Balaban J connectivity index is 1.50. The first-order valence-corrected chi connectivity index (χ1v) is 8.94. The van der Waals surface area contributed by atoms with Gasteiger partial charge in [0.1, 0.15) is 11.5 Å². The Kier molecular flexibility index (Phi) is 4.25. The number of carbonyl (C=O) groups excluding carboxylic acids is 1. The number of carbonyl (C=O) groups is 1. The number of benzene rings is 1. The number of hydrogen-bond acceptors (Lipinski definition) is 3. The van der Waals surface area contributed by atoms with Crippen molar-refractivity contribution in [2.24, 2.45) is 0 Å². The van der Waals surface area contributed by atoms with Crippen LogP contribution in [-0.4, -0.2) is 38.8 Å². The summed E-state index contributed by atoms with van der Waals surface area (Å²) >= 11 is 3.27. The lowest BCUT2D eigenvalue weighted by molar-refractivity contribution is 0.0707. The fourth-order valence-corrected chi connectivity index (χ4v) is 3.78. The number of hydrogen-bond donors (Lipinski definition) is 1. The number of H-pyrrole nitrogens is 1. The van der Waals surface area contributed by atoms with Crippen LogP contribution < -0.4 is 0 Å². The van der Waals surface area contributed by atoms with Gasteiger partial charge in [-0.3, -0.25) is 14.8 Å². The average molecular weight is 403 g/mol. The van der Waals surface area contributed by atoms with Crippen LogP contribution >= 0.6 is 15.9 Å². The van der Waals surface area contributed by atoms with Gasteiger partial charge in [-0.25, -0.2) is 4.39 Å². The van der Waals surface area contributed by atoms with E-state index >= 15 is 0 Å². The van der Waals surface area contributed by atoms with Crippen LogP contribution in [0, 0.1) is 5.82 Å². The summed E-state index contributed by atoms with van der Waals surface area (Å²) in [6.07, 6.45) is 6.86. The Morgan fingerprint density at radius 1 is 1.24 bits per heavy atom. The van der Waals surface area contributed by atoms with Crippen molar-refractivity contribution in [3.05, 3.63) is 58.5 Å². The quantitative estimate of drug-likeness (QED) is 0.707. The zero-order valence-corrected chi connectivity index (χ0v) is 15.0. The van der Waals surface area contributed by atoms with Gasteiger partial charge in [-0.1, -0.05) is 15.9 Å². The molecule has 0 spiro atoms. The highest BCUT2D eigenvalue weighted by Crippen LogP contribution is 2.28. The second-order valence-electron chi connectivity index (χ2n) is 6.23. The van der Waals surface area contributed by atoms with E-state index in [9.17, 15) is 9.18 Å². The van der Waals surface area contributed by atoms with Crippen LogP contribution in [-0.2, 0) is 0 Å². The Morgan fingerprint density at radius 2 is 2.04 bits per heavy atom. The molecule has 4 rings (SSSR count). The van der Waals surface area contributed by atoms with Crippen molar-refractivity contribution in [1.29, 1.82) is 0 Å². The number of halogens is 2. The lowest BCUT2D eigenvalue weighted by Crippen LogP contribution is -2.38. The number of nitrogens with one attached hydrogen (secondary N) is 1. The van der Waals surface area contributed by atoms with Crippen LogP contribution in [0.2, 0.25) is 0 Å². The Morgan fingerprint density at radius 3 is 2.76 bits per heavy atom. The van der Waals surface area contributed by atoms with E-state index in [4.69, 9.17) is 0 Å². The van der Waals surface area contributed by atoms with E-state index in [0.29, 0.717) is 40.1 Å². The summed E-state index contributed by atoms with van der Waals surface area (Å²) in [6.45, 7) is 1.31. The van der Waals surface area contributed by atoms with Crippen LogP contribution in [0.15, 0.2) is 41.3 Å². The fraction of sp³-hybridized carbons (Fsp3) is 0.278. The van der Waals surface area contributed by atoms with E-state index in [1.54, 1.807) is 30.7 Å². The maximum Gasteiger partial charge on any atom is 0.270 e. The third-order valence-corrected chi connectivity index (χ3v) is 5.12. The van der Waals surface area contributed by atoms with Gasteiger partial charge < -0.3 is 9.88 Å². The highest BCUT2D eigenvalue weighted by Gasteiger charge is 2.26. The molecular formula is C18H16BrFN4O. The Hall–Kier alpha value is -2.28. The molecule has 1 aliphatic rings. The highest BCUT2D eigenvalue weighted by atomic mass is 79.9. The normalized spacial score (nSPS) is 15.7. The average Bonchev–Trinajstić information content (AvgIpc) is 3.06. The number of rotatable bonds is 2. The minimum atomic E-state index is -0.346. The molecule has 1 aliphatic heterocycles. The van der Waals surface area contributed by atoms with Gasteiger partial charge in [0.2, 0.25) is 0 Å². The van der Waals surface area contributed by atoms with Crippen molar-refractivity contribution in [3.63, 3.8) is 0 Å². The van der Waals surface area contributed by atoms with Crippen molar-refractivity contribution in [2.45, 2.75) is 18.8 Å². The maximum absolute atomic E-state index is 14.0. The van der Waals surface area contributed by atoms with Gasteiger partial charge in [-0.15, -0.1) is 0 Å². The monoisotopic (exact) mass is 402 g/mol. The molecule has 25 heavy (non-hydrogen) atoms. The van der Waals surface area contributed by atoms with Gasteiger partial charge in [0.25, 0.3) is 5.91 Å². The molecule has 1 N–H and O–H groups in total. The molecule has 1 aromatic carbocycles. The molecule has 128 valence electrons. The third-order valence-electron chi connectivity index (χ3n) is 4.67. The SMILES string of the molecule is O=C(c1cc2c(F)cc(Br)cc2[nH]1)N1CCC(c2cnccn2)CC1. The first-order chi connectivity index (χ1) is 12.1. The van der Waals surface area contributed by atoms with Crippen LogP contribution in [0.5, 0.6) is 0 Å². The summed E-state index contributed by atoms with van der Waals surface area (Å²) < 4.78 is 14.7. The zero-order chi connectivity index (χ0) is 17.4. The molecule has 0 atom stereocenters. The summed E-state index contributed by atoms with van der Waals surface area (Å²) in [5.74, 6) is -0.112. The topological polar surface area (TPSA) is 61.9 Å². The fourth-order valence-electron chi connectivity index (χ4n) is 3.35. The standard InChI is InChI=1S/C18H16BrFN4O/c19-12-7-14(20)13-9-16(23-15(13)8-12)18(25)24-5-1-11(2-6-24)17-10-21-3-4-22-17/h3-4,7-11,23H,1-2,5-6H2. The van der Waals surface area contributed by atoms with Crippen molar-refractivity contribution in [2.75, 3.05) is 13.1 Å². The molecule has 0 bridgehead atoms. The van der Waals surface area contributed by atoms with E-state index in [1.807, 2.05) is 4.90 Å². The molecular weight excluding hydrogens is 387 g/mol. The molecule has 0 unspecified atom stereocenters. The minimum Gasteiger partial charge on any atom is -0.350 e. The Bertz CT molecular complexity index is 919. The molecule has 1 amide bonds. The number of likely N-dealkylation sites (tertiary alicyclic amines) is 1. The van der Waals surface area contributed by atoms with Crippen molar-refractivity contribution in [3.8, 4) is 0 Å². The van der Waals surface area contributed by atoms with E-state index in [0.717, 1.165) is 18.5 Å². The molecule has 0 saturated carbocycles. The van der Waals surface area contributed by atoms with E-state index in [1.165, 1.54) is 6.07 Å². The van der Waals surface area contributed by atoms with Crippen LogP contribution in [0.1, 0.15) is 34.9 Å². The van der Waals surface area contributed by atoms with E-state index in [-0.39, 0.29) is 11.7 Å². The van der Waals surface area contributed by atoms with Gasteiger partial charge in [0, 0.05) is 47.5 Å². The van der Waals surface area contributed by atoms with Gasteiger partial charge in [0.05, 0.1) is 11.2 Å². The number of fused-ring (bicyclic) bond motifs is 1. The molecule has 0 aliphatic carbocycles. The predicted octanol–water partition coefficient (Wildman–Crippen LogP) is 3.88. The minimum absolute atomic E-state index is 0.0932. The van der Waals surface area contributed by atoms with Crippen LogP contribution in [0.3, 0.4) is 0 Å². The second-order valence-corrected chi connectivity index (χ2v) is 7.14. The molecule has 0 radical (unpaired) electrons. The number of piperidine rings is 1. The molecule has 1 saturated heterocycles. The summed E-state index contributed by atoms with van der Waals surface area (Å²) in [5.41, 5.74) is 2.02. The van der Waals surface area contributed by atoms with E-state index in [2.05, 4.69) is 30.9 Å². The zero-order valence-electron chi connectivity index (χ0n) is 13.4. The molecule has 3 aromatic rings.